The summed E-state index contributed by atoms with van der Waals surface area (Å²) in [5.41, 5.74) is 0.326. The topological polar surface area (TPSA) is 109 Å². The minimum atomic E-state index is -0.558. The summed E-state index contributed by atoms with van der Waals surface area (Å²) in [7, 11) is 0. The Morgan fingerprint density at radius 3 is 2.72 bits per heavy atom. The molecule has 3 rings (SSSR count). The van der Waals surface area contributed by atoms with Gasteiger partial charge >= 0.3 is 5.69 Å². The van der Waals surface area contributed by atoms with E-state index in [0.29, 0.717) is 28.7 Å². The van der Waals surface area contributed by atoms with Crippen LogP contribution in [0, 0.1) is 10.1 Å². The predicted octanol–water partition coefficient (Wildman–Crippen LogP) is 4.48. The van der Waals surface area contributed by atoms with Crippen LogP contribution >= 0.6 is 15.9 Å². The lowest BCUT2D eigenvalue weighted by atomic mass is 10.2. The van der Waals surface area contributed by atoms with Crippen LogP contribution in [0.15, 0.2) is 57.4 Å². The van der Waals surface area contributed by atoms with Gasteiger partial charge in [0.05, 0.1) is 28.6 Å². The van der Waals surface area contributed by atoms with E-state index in [4.69, 9.17) is 9.47 Å². The first kappa shape index (κ1) is 23.1. The zero-order chi connectivity index (χ0) is 23.3. The van der Waals surface area contributed by atoms with Gasteiger partial charge < -0.3 is 9.47 Å². The maximum absolute atomic E-state index is 13.0. The molecule has 9 nitrogen and oxygen atoms in total. The van der Waals surface area contributed by atoms with Crippen molar-refractivity contribution in [2.24, 2.45) is 5.10 Å². The second-order valence-electron chi connectivity index (χ2n) is 6.56. The van der Waals surface area contributed by atoms with Gasteiger partial charge in [-0.15, -0.1) is 0 Å². The van der Waals surface area contributed by atoms with Crippen LogP contribution in [0.4, 0.5) is 5.69 Å². The van der Waals surface area contributed by atoms with Crippen LogP contribution in [-0.2, 0) is 6.42 Å². The van der Waals surface area contributed by atoms with Gasteiger partial charge in [-0.05, 0) is 31.2 Å². The lowest BCUT2D eigenvalue weighted by molar-refractivity contribution is -0.385. The number of nitro benzene ring substituents is 1. The van der Waals surface area contributed by atoms with Gasteiger partial charge in [0.15, 0.2) is 5.75 Å². The van der Waals surface area contributed by atoms with Crippen molar-refractivity contribution < 1.29 is 14.4 Å². The Hall–Kier alpha value is -3.53. The molecule has 0 bridgehead atoms. The predicted molar refractivity (Wildman–Crippen MR) is 126 cm³/mol. The molecule has 1 aromatic heterocycles. The Balaban J connectivity index is 2.13. The molecule has 1 heterocycles. The van der Waals surface area contributed by atoms with Crippen molar-refractivity contribution in [3.8, 4) is 11.5 Å². The second kappa shape index (κ2) is 10.2. The van der Waals surface area contributed by atoms with Crippen LogP contribution in [0.3, 0.4) is 0 Å². The Bertz CT molecular complexity index is 1270. The Morgan fingerprint density at radius 1 is 1.28 bits per heavy atom. The fourth-order valence-electron chi connectivity index (χ4n) is 3.04. The largest absolute Gasteiger partial charge is 0.490 e. The molecular weight excluding hydrogens is 480 g/mol. The van der Waals surface area contributed by atoms with Gasteiger partial charge in [-0.25, -0.2) is 4.98 Å². The molecule has 10 heteroatoms. The number of hydrogen-bond donors (Lipinski definition) is 0. The summed E-state index contributed by atoms with van der Waals surface area (Å²) >= 11 is 3.36. The number of halogens is 1. The van der Waals surface area contributed by atoms with Crippen LogP contribution in [0.2, 0.25) is 0 Å². The average molecular weight is 501 g/mol. The first-order chi connectivity index (χ1) is 15.4. The number of aryl methyl sites for hydroxylation is 1. The summed E-state index contributed by atoms with van der Waals surface area (Å²) in [6.07, 6.45) is 3.31. The molecule has 0 unspecified atom stereocenters. The first-order valence-electron chi connectivity index (χ1n) is 9.84. The highest BCUT2D eigenvalue weighted by atomic mass is 79.9. The van der Waals surface area contributed by atoms with E-state index in [1.807, 2.05) is 13.0 Å². The van der Waals surface area contributed by atoms with Crippen LogP contribution in [0.1, 0.15) is 25.2 Å². The summed E-state index contributed by atoms with van der Waals surface area (Å²) in [6, 6.07) is 8.13. The highest BCUT2D eigenvalue weighted by Crippen LogP contribution is 2.38. The van der Waals surface area contributed by atoms with Crippen LogP contribution in [0.25, 0.3) is 10.9 Å². The molecule has 0 spiro atoms. The van der Waals surface area contributed by atoms with Crippen molar-refractivity contribution in [1.29, 1.82) is 0 Å². The van der Waals surface area contributed by atoms with Gasteiger partial charge in [0.25, 0.3) is 5.56 Å². The van der Waals surface area contributed by atoms with E-state index in [-0.39, 0.29) is 36.0 Å². The van der Waals surface area contributed by atoms with Gasteiger partial charge in [-0.3, -0.25) is 14.9 Å². The van der Waals surface area contributed by atoms with E-state index in [1.165, 1.54) is 23.0 Å². The normalized spacial score (nSPS) is 11.1. The van der Waals surface area contributed by atoms with Gasteiger partial charge in [-0.2, -0.15) is 9.78 Å². The summed E-state index contributed by atoms with van der Waals surface area (Å²) in [6.45, 7) is 7.55. The van der Waals surface area contributed by atoms with Crippen LogP contribution in [0.5, 0.6) is 11.5 Å². The number of nitro groups is 1. The van der Waals surface area contributed by atoms with Gasteiger partial charge in [0.1, 0.15) is 12.4 Å². The van der Waals surface area contributed by atoms with Crippen molar-refractivity contribution >= 4 is 38.7 Å². The molecule has 2 aromatic carbocycles. The van der Waals surface area contributed by atoms with E-state index in [9.17, 15) is 14.9 Å². The fourth-order valence-corrected chi connectivity index (χ4v) is 3.40. The number of ether oxygens (including phenoxy) is 2. The molecule has 0 aliphatic carbocycles. The fraction of sp³-hybridized carbons (Fsp3) is 0.227. The molecule has 0 amide bonds. The maximum Gasteiger partial charge on any atom is 0.315 e. The number of rotatable bonds is 9. The first-order valence-corrected chi connectivity index (χ1v) is 10.6. The highest BCUT2D eigenvalue weighted by molar-refractivity contribution is 9.10. The van der Waals surface area contributed by atoms with Crippen molar-refractivity contribution in [3.63, 3.8) is 0 Å². The summed E-state index contributed by atoms with van der Waals surface area (Å²) < 4.78 is 13.0. The molecular formula is C22H21BrN4O5. The Kier molecular flexibility index (Phi) is 7.37. The minimum absolute atomic E-state index is 0.0116. The maximum atomic E-state index is 13.0. The molecule has 0 radical (unpaired) electrons. The number of benzene rings is 2. The minimum Gasteiger partial charge on any atom is -0.490 e. The number of fused-ring (bicyclic) bond motifs is 1. The SMILES string of the molecule is C=CCOc1c(OCC)cc(C=Nn2c(CC)nc3ccc(Br)cc3c2=O)cc1[N+](=O)[O-]. The van der Waals surface area contributed by atoms with E-state index < -0.39 is 4.92 Å². The molecule has 0 fully saturated rings. The molecule has 0 N–H and O–H groups in total. The molecule has 0 saturated heterocycles. The third kappa shape index (κ3) is 4.86. The average Bonchev–Trinajstić information content (AvgIpc) is 2.77. The van der Waals surface area contributed by atoms with Crippen molar-refractivity contribution in [2.75, 3.05) is 13.2 Å². The Labute approximate surface area is 192 Å². The molecule has 0 saturated carbocycles. The third-order valence-electron chi connectivity index (χ3n) is 4.41. The molecule has 0 atom stereocenters. The monoisotopic (exact) mass is 500 g/mol. The zero-order valence-corrected chi connectivity index (χ0v) is 19.2. The number of nitrogens with zero attached hydrogens (tertiary/aromatic N) is 4. The second-order valence-corrected chi connectivity index (χ2v) is 7.48. The quantitative estimate of drug-likeness (QED) is 0.185. The number of aromatic nitrogens is 2. The lowest BCUT2D eigenvalue weighted by Gasteiger charge is -2.12. The van der Waals surface area contributed by atoms with Crippen molar-refractivity contribution in [3.05, 3.63) is 79.3 Å². The molecule has 0 aliphatic rings. The molecule has 3 aromatic rings. The molecule has 32 heavy (non-hydrogen) atoms. The summed E-state index contributed by atoms with van der Waals surface area (Å²) in [4.78, 5) is 28.6. The Morgan fingerprint density at radius 2 is 2.06 bits per heavy atom. The lowest BCUT2D eigenvalue weighted by Crippen LogP contribution is -2.22. The van der Waals surface area contributed by atoms with E-state index in [1.54, 1.807) is 25.1 Å². The van der Waals surface area contributed by atoms with Gasteiger partial charge in [0, 0.05) is 22.5 Å². The molecule has 0 aliphatic heterocycles. The van der Waals surface area contributed by atoms with Gasteiger partial charge in [-0.1, -0.05) is 35.5 Å². The van der Waals surface area contributed by atoms with Crippen LogP contribution < -0.4 is 15.0 Å². The molecule has 166 valence electrons. The summed E-state index contributed by atoms with van der Waals surface area (Å²) in [5, 5.41) is 16.3. The van der Waals surface area contributed by atoms with Crippen LogP contribution in [-0.4, -0.2) is 34.0 Å². The summed E-state index contributed by atoms with van der Waals surface area (Å²) in [5.74, 6) is 0.678. The van der Waals surface area contributed by atoms with Crippen molar-refractivity contribution in [1.82, 2.24) is 9.66 Å². The van der Waals surface area contributed by atoms with E-state index in [0.717, 1.165) is 4.47 Å². The van der Waals surface area contributed by atoms with E-state index in [2.05, 4.69) is 32.6 Å². The highest BCUT2D eigenvalue weighted by Gasteiger charge is 2.22. The zero-order valence-electron chi connectivity index (χ0n) is 17.6. The van der Waals surface area contributed by atoms with Crippen molar-refractivity contribution in [2.45, 2.75) is 20.3 Å². The third-order valence-corrected chi connectivity index (χ3v) is 4.91. The number of hydrogen-bond acceptors (Lipinski definition) is 7. The smallest absolute Gasteiger partial charge is 0.315 e. The van der Waals surface area contributed by atoms with Gasteiger partial charge in [0.2, 0.25) is 5.75 Å². The standard InChI is InChI=1S/C22H21BrN4O5/c1-4-9-32-21-18(27(29)30)10-14(11-19(21)31-6-3)13-24-26-20(5-2)25-17-8-7-15(23)12-16(17)22(26)28/h4,7-8,10-13H,1,5-6,9H2,2-3H3. The van der Waals surface area contributed by atoms with E-state index >= 15 is 0 Å².